The summed E-state index contributed by atoms with van der Waals surface area (Å²) in [5.41, 5.74) is 0.382. The number of aliphatic carboxylic acids is 1. The second-order valence-electron chi connectivity index (χ2n) is 3.16. The fourth-order valence-electron chi connectivity index (χ4n) is 1.54. The van der Waals surface area contributed by atoms with E-state index in [1.807, 2.05) is 0 Å². The SMILES string of the molecule is CCC(C(=O)O)c1cccc(F)c1OC. The maximum atomic E-state index is 13.3. The fraction of sp³-hybridized carbons (Fsp3) is 0.364. The summed E-state index contributed by atoms with van der Waals surface area (Å²) in [7, 11) is 1.33. The van der Waals surface area contributed by atoms with Gasteiger partial charge in [-0.15, -0.1) is 0 Å². The molecule has 0 aliphatic carbocycles. The fourth-order valence-corrected chi connectivity index (χ4v) is 1.54. The minimum atomic E-state index is -0.971. The highest BCUT2D eigenvalue weighted by Crippen LogP contribution is 2.31. The van der Waals surface area contributed by atoms with Crippen LogP contribution in [0.4, 0.5) is 4.39 Å². The van der Waals surface area contributed by atoms with Crippen molar-refractivity contribution in [1.29, 1.82) is 0 Å². The molecule has 1 N–H and O–H groups in total. The summed E-state index contributed by atoms with van der Waals surface area (Å²) in [4.78, 5) is 10.9. The molecular formula is C11H13FO3. The Bertz CT molecular complexity index is 363. The number of methoxy groups -OCH3 is 1. The molecular weight excluding hydrogens is 199 g/mol. The number of carboxylic acids is 1. The van der Waals surface area contributed by atoms with Gasteiger partial charge in [-0.05, 0) is 12.5 Å². The first-order valence-electron chi connectivity index (χ1n) is 4.67. The van der Waals surface area contributed by atoms with Crippen molar-refractivity contribution in [1.82, 2.24) is 0 Å². The van der Waals surface area contributed by atoms with Gasteiger partial charge in [0.25, 0.3) is 0 Å². The van der Waals surface area contributed by atoms with Gasteiger partial charge in [0.2, 0.25) is 0 Å². The maximum absolute atomic E-state index is 13.3. The Morgan fingerprint density at radius 2 is 2.27 bits per heavy atom. The van der Waals surface area contributed by atoms with E-state index in [4.69, 9.17) is 9.84 Å². The van der Waals surface area contributed by atoms with E-state index in [9.17, 15) is 9.18 Å². The van der Waals surface area contributed by atoms with Crippen LogP contribution in [0.15, 0.2) is 18.2 Å². The molecule has 0 fully saturated rings. The van der Waals surface area contributed by atoms with Crippen molar-refractivity contribution >= 4 is 5.97 Å². The number of rotatable bonds is 4. The number of carboxylic acid groups (broad SMARTS) is 1. The quantitative estimate of drug-likeness (QED) is 0.833. The monoisotopic (exact) mass is 212 g/mol. The summed E-state index contributed by atoms with van der Waals surface area (Å²) in [6, 6.07) is 4.31. The highest BCUT2D eigenvalue weighted by molar-refractivity contribution is 5.77. The van der Waals surface area contributed by atoms with E-state index < -0.39 is 17.7 Å². The summed E-state index contributed by atoms with van der Waals surface area (Å²) in [5.74, 6) is -2.21. The van der Waals surface area contributed by atoms with Gasteiger partial charge in [0.05, 0.1) is 13.0 Å². The molecule has 4 heteroatoms. The van der Waals surface area contributed by atoms with Crippen LogP contribution in [0.2, 0.25) is 0 Å². The molecule has 1 rings (SSSR count). The van der Waals surface area contributed by atoms with Gasteiger partial charge in [0.1, 0.15) is 0 Å². The number of benzene rings is 1. The van der Waals surface area contributed by atoms with Crippen LogP contribution in [-0.4, -0.2) is 18.2 Å². The second kappa shape index (κ2) is 4.77. The molecule has 0 aliphatic heterocycles. The first-order chi connectivity index (χ1) is 7.11. The molecule has 0 saturated carbocycles. The Morgan fingerprint density at radius 1 is 1.60 bits per heavy atom. The number of carbonyl (C=O) groups is 1. The van der Waals surface area contributed by atoms with Crippen molar-refractivity contribution in [3.63, 3.8) is 0 Å². The van der Waals surface area contributed by atoms with E-state index in [0.717, 1.165) is 0 Å². The Balaban J connectivity index is 3.22. The zero-order valence-electron chi connectivity index (χ0n) is 8.66. The molecule has 0 bridgehead atoms. The van der Waals surface area contributed by atoms with E-state index >= 15 is 0 Å². The van der Waals surface area contributed by atoms with Crippen molar-refractivity contribution < 1.29 is 19.0 Å². The van der Waals surface area contributed by atoms with Crippen molar-refractivity contribution in [2.75, 3.05) is 7.11 Å². The van der Waals surface area contributed by atoms with Crippen LogP contribution in [0.25, 0.3) is 0 Å². The number of hydrogen-bond donors (Lipinski definition) is 1. The lowest BCUT2D eigenvalue weighted by molar-refractivity contribution is -0.138. The predicted octanol–water partition coefficient (Wildman–Crippen LogP) is 2.41. The predicted molar refractivity (Wildman–Crippen MR) is 53.6 cm³/mol. The summed E-state index contributed by atoms with van der Waals surface area (Å²) >= 11 is 0. The number of hydrogen-bond acceptors (Lipinski definition) is 2. The van der Waals surface area contributed by atoms with Crippen LogP contribution >= 0.6 is 0 Å². The van der Waals surface area contributed by atoms with E-state index in [-0.39, 0.29) is 5.75 Å². The third kappa shape index (κ3) is 2.26. The van der Waals surface area contributed by atoms with Crippen molar-refractivity contribution in [2.45, 2.75) is 19.3 Å². The Hall–Kier alpha value is -1.58. The van der Waals surface area contributed by atoms with Gasteiger partial charge in [-0.3, -0.25) is 4.79 Å². The molecule has 1 aromatic rings. The molecule has 0 radical (unpaired) electrons. The minimum Gasteiger partial charge on any atom is -0.493 e. The van der Waals surface area contributed by atoms with Gasteiger partial charge in [-0.25, -0.2) is 4.39 Å². The highest BCUT2D eigenvalue weighted by Gasteiger charge is 2.23. The number of ether oxygens (including phenoxy) is 1. The van der Waals surface area contributed by atoms with E-state index in [2.05, 4.69) is 0 Å². The molecule has 0 spiro atoms. The average Bonchev–Trinajstić information content (AvgIpc) is 2.18. The molecule has 0 heterocycles. The Kier molecular flexibility index (Phi) is 3.66. The molecule has 0 aliphatic rings. The van der Waals surface area contributed by atoms with Crippen LogP contribution in [-0.2, 0) is 4.79 Å². The van der Waals surface area contributed by atoms with Crippen LogP contribution in [0.1, 0.15) is 24.8 Å². The van der Waals surface area contributed by atoms with Crippen molar-refractivity contribution in [3.05, 3.63) is 29.6 Å². The van der Waals surface area contributed by atoms with Crippen LogP contribution in [0.5, 0.6) is 5.75 Å². The van der Waals surface area contributed by atoms with E-state index in [1.54, 1.807) is 13.0 Å². The summed E-state index contributed by atoms with van der Waals surface area (Å²) in [5, 5.41) is 8.96. The lowest BCUT2D eigenvalue weighted by atomic mass is 9.95. The summed E-state index contributed by atoms with van der Waals surface area (Å²) in [6.07, 6.45) is 0.398. The first kappa shape index (κ1) is 11.5. The molecule has 1 atom stereocenters. The minimum absolute atomic E-state index is 0.0201. The van der Waals surface area contributed by atoms with Gasteiger partial charge in [0, 0.05) is 5.56 Å². The molecule has 3 nitrogen and oxygen atoms in total. The third-order valence-corrected chi connectivity index (χ3v) is 2.28. The topological polar surface area (TPSA) is 46.5 Å². The number of halogens is 1. The average molecular weight is 212 g/mol. The Morgan fingerprint density at radius 3 is 2.73 bits per heavy atom. The standard InChI is InChI=1S/C11H13FO3/c1-3-7(11(13)14)8-5-4-6-9(12)10(8)15-2/h4-7H,3H2,1-2H3,(H,13,14). The lowest BCUT2D eigenvalue weighted by Crippen LogP contribution is -2.12. The zero-order valence-corrected chi connectivity index (χ0v) is 8.66. The van der Waals surface area contributed by atoms with Crippen LogP contribution < -0.4 is 4.74 Å². The molecule has 1 aromatic carbocycles. The van der Waals surface area contributed by atoms with Gasteiger partial charge in [0.15, 0.2) is 11.6 Å². The zero-order chi connectivity index (χ0) is 11.4. The smallest absolute Gasteiger partial charge is 0.311 e. The van der Waals surface area contributed by atoms with Gasteiger partial charge < -0.3 is 9.84 Å². The van der Waals surface area contributed by atoms with Crippen molar-refractivity contribution in [2.24, 2.45) is 0 Å². The first-order valence-corrected chi connectivity index (χ1v) is 4.67. The van der Waals surface area contributed by atoms with Gasteiger partial charge in [-0.1, -0.05) is 19.1 Å². The summed E-state index contributed by atoms with van der Waals surface area (Å²) < 4.78 is 18.2. The Labute approximate surface area is 87.5 Å². The molecule has 1 unspecified atom stereocenters. The molecule has 0 saturated heterocycles. The summed E-state index contributed by atoms with van der Waals surface area (Å²) in [6.45, 7) is 1.74. The van der Waals surface area contributed by atoms with E-state index in [1.165, 1.54) is 19.2 Å². The normalized spacial score (nSPS) is 12.2. The molecule has 0 aromatic heterocycles. The van der Waals surface area contributed by atoms with Crippen molar-refractivity contribution in [3.8, 4) is 5.75 Å². The maximum Gasteiger partial charge on any atom is 0.311 e. The second-order valence-corrected chi connectivity index (χ2v) is 3.16. The molecule has 0 amide bonds. The van der Waals surface area contributed by atoms with Crippen LogP contribution in [0.3, 0.4) is 0 Å². The molecule has 15 heavy (non-hydrogen) atoms. The van der Waals surface area contributed by atoms with Gasteiger partial charge in [-0.2, -0.15) is 0 Å². The third-order valence-electron chi connectivity index (χ3n) is 2.28. The highest BCUT2D eigenvalue weighted by atomic mass is 19.1. The largest absolute Gasteiger partial charge is 0.493 e. The van der Waals surface area contributed by atoms with Gasteiger partial charge >= 0.3 is 5.97 Å². The van der Waals surface area contributed by atoms with Crippen LogP contribution in [0, 0.1) is 5.82 Å². The lowest BCUT2D eigenvalue weighted by Gasteiger charge is -2.14. The number of para-hydroxylation sites is 1. The molecule has 82 valence electrons. The van der Waals surface area contributed by atoms with E-state index in [0.29, 0.717) is 12.0 Å².